The van der Waals surface area contributed by atoms with E-state index in [1.165, 1.54) is 13.0 Å². The minimum Gasteiger partial charge on any atom is -0.321 e. The van der Waals surface area contributed by atoms with Crippen LogP contribution >= 0.6 is 0 Å². The molecule has 24 heavy (non-hydrogen) atoms. The number of rotatable bonds is 4. The first-order valence-corrected chi connectivity index (χ1v) is 7.23. The van der Waals surface area contributed by atoms with Crippen molar-refractivity contribution in [2.24, 2.45) is 5.10 Å². The Kier molecular flexibility index (Phi) is 4.33. The Hall–Kier alpha value is -3.09. The van der Waals surface area contributed by atoms with Crippen LogP contribution in [0.5, 0.6) is 0 Å². The van der Waals surface area contributed by atoms with Crippen LogP contribution < -0.4 is 5.43 Å². The summed E-state index contributed by atoms with van der Waals surface area (Å²) < 4.78 is 28.3. The summed E-state index contributed by atoms with van der Waals surface area (Å²) in [6.07, 6.45) is 1.57. The lowest BCUT2D eigenvalue weighted by molar-refractivity contribution is -0.121. The molecule has 0 aliphatic carbocycles. The zero-order chi connectivity index (χ0) is 17.1. The van der Waals surface area contributed by atoms with Gasteiger partial charge in [0.1, 0.15) is 18.2 Å². The highest BCUT2D eigenvalue weighted by atomic mass is 19.1. The van der Waals surface area contributed by atoms with E-state index < -0.39 is 11.6 Å². The number of hydrogen-bond donors (Lipinski definition) is 1. The molecule has 0 aliphatic heterocycles. The van der Waals surface area contributed by atoms with E-state index in [1.807, 2.05) is 24.3 Å². The maximum Gasteiger partial charge on any atom is 0.260 e. The van der Waals surface area contributed by atoms with Crippen molar-refractivity contribution >= 4 is 22.7 Å². The highest BCUT2D eigenvalue weighted by molar-refractivity contribution is 5.99. The number of imidazole rings is 1. The largest absolute Gasteiger partial charge is 0.321 e. The average molecular weight is 328 g/mol. The van der Waals surface area contributed by atoms with Gasteiger partial charge in [-0.15, -0.1) is 0 Å². The van der Waals surface area contributed by atoms with Crippen molar-refractivity contribution in [3.8, 4) is 0 Å². The third kappa shape index (κ3) is 3.29. The SMILES string of the molecule is C/C(=N/NC(=O)Cn1cnc2ccccc21)c1ccc(F)cc1F. The van der Waals surface area contributed by atoms with Gasteiger partial charge in [0.05, 0.1) is 23.1 Å². The van der Waals surface area contributed by atoms with E-state index in [1.54, 1.807) is 10.9 Å². The van der Waals surface area contributed by atoms with E-state index in [-0.39, 0.29) is 23.7 Å². The van der Waals surface area contributed by atoms with Gasteiger partial charge in [0, 0.05) is 11.6 Å². The number of carbonyl (C=O) groups is 1. The predicted octanol–water partition coefficient (Wildman–Crippen LogP) is 2.85. The van der Waals surface area contributed by atoms with Crippen LogP contribution in [-0.4, -0.2) is 21.2 Å². The Labute approximate surface area is 136 Å². The summed E-state index contributed by atoms with van der Waals surface area (Å²) in [5.41, 5.74) is 4.36. The van der Waals surface area contributed by atoms with Crippen molar-refractivity contribution in [1.82, 2.24) is 15.0 Å². The van der Waals surface area contributed by atoms with Crippen LogP contribution in [0.1, 0.15) is 12.5 Å². The van der Waals surface area contributed by atoms with Gasteiger partial charge in [-0.1, -0.05) is 12.1 Å². The lowest BCUT2D eigenvalue weighted by Crippen LogP contribution is -2.24. The molecule has 0 atom stereocenters. The Morgan fingerprint density at radius 3 is 2.83 bits per heavy atom. The number of amides is 1. The minimum atomic E-state index is -0.730. The molecule has 1 N–H and O–H groups in total. The Bertz CT molecular complexity index is 933. The molecule has 0 radical (unpaired) electrons. The second-order valence-corrected chi connectivity index (χ2v) is 5.22. The van der Waals surface area contributed by atoms with Crippen molar-refractivity contribution in [1.29, 1.82) is 0 Å². The van der Waals surface area contributed by atoms with Crippen LogP contribution in [0.3, 0.4) is 0 Å². The zero-order valence-electron chi connectivity index (χ0n) is 12.8. The number of carbonyl (C=O) groups excluding carboxylic acids is 1. The Morgan fingerprint density at radius 1 is 1.25 bits per heavy atom. The highest BCUT2D eigenvalue weighted by Gasteiger charge is 2.09. The molecular weight excluding hydrogens is 314 g/mol. The van der Waals surface area contributed by atoms with E-state index >= 15 is 0 Å². The molecule has 1 heterocycles. The first-order chi connectivity index (χ1) is 11.5. The highest BCUT2D eigenvalue weighted by Crippen LogP contribution is 2.12. The molecule has 1 amide bonds. The Balaban J connectivity index is 1.70. The molecule has 0 fully saturated rings. The van der Waals surface area contributed by atoms with Gasteiger partial charge >= 0.3 is 0 Å². The summed E-state index contributed by atoms with van der Waals surface area (Å²) in [7, 11) is 0. The summed E-state index contributed by atoms with van der Waals surface area (Å²) in [6, 6.07) is 10.6. The molecule has 5 nitrogen and oxygen atoms in total. The van der Waals surface area contributed by atoms with Gasteiger partial charge in [-0.05, 0) is 31.2 Å². The van der Waals surface area contributed by atoms with Crippen molar-refractivity contribution in [2.45, 2.75) is 13.5 Å². The first kappa shape index (κ1) is 15.8. The van der Waals surface area contributed by atoms with Crippen molar-refractivity contribution in [2.75, 3.05) is 0 Å². The maximum absolute atomic E-state index is 13.7. The number of fused-ring (bicyclic) bond motifs is 1. The lowest BCUT2D eigenvalue weighted by Gasteiger charge is -2.05. The topological polar surface area (TPSA) is 59.3 Å². The molecule has 7 heteroatoms. The second-order valence-electron chi connectivity index (χ2n) is 5.22. The summed E-state index contributed by atoms with van der Waals surface area (Å²) in [5.74, 6) is -1.77. The molecule has 0 bridgehead atoms. The molecule has 122 valence electrons. The van der Waals surface area contributed by atoms with Gasteiger partial charge in [0.15, 0.2) is 0 Å². The summed E-state index contributed by atoms with van der Waals surface area (Å²) in [4.78, 5) is 16.2. The van der Waals surface area contributed by atoms with Gasteiger partial charge in [-0.2, -0.15) is 5.10 Å². The number of nitrogens with one attached hydrogen (secondary N) is 1. The van der Waals surface area contributed by atoms with Crippen LogP contribution in [0, 0.1) is 11.6 Å². The molecule has 1 aromatic heterocycles. The number of hydrogen-bond acceptors (Lipinski definition) is 3. The Morgan fingerprint density at radius 2 is 2.04 bits per heavy atom. The van der Waals surface area contributed by atoms with Gasteiger partial charge < -0.3 is 4.57 Å². The van der Waals surface area contributed by atoms with E-state index in [0.29, 0.717) is 0 Å². The van der Waals surface area contributed by atoms with E-state index in [2.05, 4.69) is 15.5 Å². The van der Waals surface area contributed by atoms with Crippen molar-refractivity contribution in [3.05, 3.63) is 66.0 Å². The molecule has 3 rings (SSSR count). The quantitative estimate of drug-likeness (QED) is 0.591. The third-order valence-electron chi connectivity index (χ3n) is 3.51. The van der Waals surface area contributed by atoms with Crippen molar-refractivity contribution in [3.63, 3.8) is 0 Å². The van der Waals surface area contributed by atoms with E-state index in [9.17, 15) is 13.6 Å². The molecule has 0 aliphatic rings. The van der Waals surface area contributed by atoms with Crippen LogP contribution in [0.2, 0.25) is 0 Å². The molecule has 3 aromatic rings. The summed E-state index contributed by atoms with van der Waals surface area (Å²) >= 11 is 0. The summed E-state index contributed by atoms with van der Waals surface area (Å²) in [6.45, 7) is 1.56. The van der Waals surface area contributed by atoms with Crippen LogP contribution in [0.4, 0.5) is 8.78 Å². The molecule has 0 spiro atoms. The fourth-order valence-corrected chi connectivity index (χ4v) is 2.32. The van der Waals surface area contributed by atoms with Crippen LogP contribution in [0.15, 0.2) is 53.9 Å². The van der Waals surface area contributed by atoms with Crippen molar-refractivity contribution < 1.29 is 13.6 Å². The number of benzene rings is 2. The first-order valence-electron chi connectivity index (χ1n) is 7.23. The fraction of sp³-hybridized carbons (Fsp3) is 0.118. The lowest BCUT2D eigenvalue weighted by atomic mass is 10.1. The van der Waals surface area contributed by atoms with Crippen LogP contribution in [0.25, 0.3) is 11.0 Å². The zero-order valence-corrected chi connectivity index (χ0v) is 12.8. The van der Waals surface area contributed by atoms with Gasteiger partial charge in [0.2, 0.25) is 0 Å². The summed E-state index contributed by atoms with van der Waals surface area (Å²) in [5, 5.41) is 3.87. The molecule has 0 saturated carbocycles. The fourth-order valence-electron chi connectivity index (χ4n) is 2.32. The normalized spacial score (nSPS) is 11.7. The monoisotopic (exact) mass is 328 g/mol. The number of hydrazone groups is 1. The third-order valence-corrected chi connectivity index (χ3v) is 3.51. The smallest absolute Gasteiger partial charge is 0.260 e. The van der Waals surface area contributed by atoms with Crippen LogP contribution in [-0.2, 0) is 11.3 Å². The molecule has 0 unspecified atom stereocenters. The minimum absolute atomic E-state index is 0.0309. The molecule has 0 saturated heterocycles. The standard InChI is InChI=1S/C17H14F2N4O/c1-11(13-7-6-12(18)8-14(13)19)21-22-17(24)9-23-10-20-15-4-2-3-5-16(15)23/h2-8,10H,9H2,1H3,(H,22,24)/b21-11-. The van der Waals surface area contributed by atoms with E-state index in [4.69, 9.17) is 0 Å². The number of aromatic nitrogens is 2. The number of halogens is 2. The number of nitrogens with zero attached hydrogens (tertiary/aromatic N) is 3. The molecular formula is C17H14F2N4O. The molecule has 2 aromatic carbocycles. The number of para-hydroxylation sites is 2. The van der Waals surface area contributed by atoms with Gasteiger partial charge in [-0.3, -0.25) is 4.79 Å². The van der Waals surface area contributed by atoms with E-state index in [0.717, 1.165) is 23.2 Å². The maximum atomic E-state index is 13.7. The average Bonchev–Trinajstić information content (AvgIpc) is 2.96. The van der Waals surface area contributed by atoms with Gasteiger partial charge in [0.25, 0.3) is 5.91 Å². The predicted molar refractivity (Wildman–Crippen MR) is 86.4 cm³/mol. The van der Waals surface area contributed by atoms with Gasteiger partial charge in [-0.25, -0.2) is 19.2 Å². The second kappa shape index (κ2) is 6.57.